The summed E-state index contributed by atoms with van der Waals surface area (Å²) in [5.74, 6) is -1.51. The lowest BCUT2D eigenvalue weighted by Gasteiger charge is -2.23. The Balaban J connectivity index is 1.34. The van der Waals surface area contributed by atoms with Gasteiger partial charge in [0.2, 0.25) is 0 Å². The first-order valence-corrected chi connectivity index (χ1v) is 13.4. The van der Waals surface area contributed by atoms with Crippen LogP contribution in [0, 0.1) is 0 Å². The average Bonchev–Trinajstić information content (AvgIpc) is 3.17. The average molecular weight is 591 g/mol. The van der Waals surface area contributed by atoms with Crippen LogP contribution in [0.15, 0.2) is 114 Å². The third kappa shape index (κ3) is 5.89. The number of rotatable bonds is 8. The minimum absolute atomic E-state index is 0.0912. The highest BCUT2D eigenvalue weighted by Crippen LogP contribution is 2.35. The van der Waals surface area contributed by atoms with E-state index in [1.165, 1.54) is 18.2 Å². The highest BCUT2D eigenvalue weighted by Gasteiger charge is 2.39. The molecular formula is C31H22Cl3N3O3. The first kappa shape index (κ1) is 27.5. The van der Waals surface area contributed by atoms with Crippen molar-refractivity contribution >= 4 is 63.9 Å². The van der Waals surface area contributed by atoms with Gasteiger partial charge in [-0.1, -0.05) is 95.5 Å². The lowest BCUT2D eigenvalue weighted by atomic mass is 10.1. The zero-order chi connectivity index (χ0) is 28.2. The Morgan fingerprint density at radius 2 is 1.30 bits per heavy atom. The van der Waals surface area contributed by atoms with Crippen LogP contribution in [-0.2, 0) is 22.7 Å². The Hall–Kier alpha value is -4.10. The van der Waals surface area contributed by atoms with Gasteiger partial charge in [0.15, 0.2) is 0 Å². The molecule has 200 valence electrons. The van der Waals surface area contributed by atoms with Crippen molar-refractivity contribution in [1.82, 2.24) is 4.90 Å². The van der Waals surface area contributed by atoms with Crippen molar-refractivity contribution < 1.29 is 14.4 Å². The number of hydrogen-bond acceptors (Lipinski definition) is 4. The summed E-state index contributed by atoms with van der Waals surface area (Å²) in [6, 6.07) is 30.7. The van der Waals surface area contributed by atoms with Crippen LogP contribution in [0.25, 0.3) is 0 Å². The summed E-state index contributed by atoms with van der Waals surface area (Å²) < 4.78 is 0. The lowest BCUT2D eigenvalue weighted by molar-refractivity contribution is -0.120. The zero-order valence-corrected chi connectivity index (χ0v) is 23.3. The number of imide groups is 1. The number of benzene rings is 4. The second kappa shape index (κ2) is 12.0. The third-order valence-corrected chi connectivity index (χ3v) is 7.19. The van der Waals surface area contributed by atoms with E-state index in [0.717, 1.165) is 16.0 Å². The number of carbonyl (C=O) groups excluding carboxylic acids is 3. The molecule has 0 atom stereocenters. The summed E-state index contributed by atoms with van der Waals surface area (Å²) in [6.07, 6.45) is 0. The summed E-state index contributed by atoms with van der Waals surface area (Å²) in [5, 5.41) is 3.15. The van der Waals surface area contributed by atoms with E-state index in [4.69, 9.17) is 34.8 Å². The van der Waals surface area contributed by atoms with Crippen LogP contribution < -0.4 is 10.2 Å². The molecule has 0 bridgehead atoms. The van der Waals surface area contributed by atoms with Crippen LogP contribution in [0.4, 0.5) is 11.4 Å². The quantitative estimate of drug-likeness (QED) is 0.219. The number of amides is 3. The van der Waals surface area contributed by atoms with Crippen molar-refractivity contribution in [3.05, 3.63) is 141 Å². The molecule has 0 saturated carbocycles. The fourth-order valence-electron chi connectivity index (χ4n) is 4.32. The molecule has 0 aromatic heterocycles. The smallest absolute Gasteiger partial charge is 0.283 e. The predicted molar refractivity (Wildman–Crippen MR) is 158 cm³/mol. The molecule has 1 aliphatic heterocycles. The molecule has 3 amide bonds. The highest BCUT2D eigenvalue weighted by atomic mass is 35.5. The molecule has 0 fully saturated rings. The SMILES string of the molecule is O=C(c1ccc(NC2=C(Cl)C(=O)N(c3ccc(Cl)cc3Cl)C2=O)cc1)N(Cc1ccccc1)Cc1ccccc1. The normalized spacial score (nSPS) is 13.1. The van der Waals surface area contributed by atoms with Gasteiger partial charge in [-0.15, -0.1) is 0 Å². The Labute approximate surface area is 246 Å². The number of halogens is 3. The molecule has 1 heterocycles. The summed E-state index contributed by atoms with van der Waals surface area (Å²) in [7, 11) is 0. The molecule has 5 rings (SSSR count). The molecule has 4 aromatic carbocycles. The molecule has 0 spiro atoms. The number of anilines is 2. The van der Waals surface area contributed by atoms with Crippen LogP contribution in [0.1, 0.15) is 21.5 Å². The van der Waals surface area contributed by atoms with Gasteiger partial charge in [-0.3, -0.25) is 14.4 Å². The van der Waals surface area contributed by atoms with Crippen LogP contribution >= 0.6 is 34.8 Å². The van der Waals surface area contributed by atoms with Gasteiger partial charge in [-0.25, -0.2) is 4.90 Å². The van der Waals surface area contributed by atoms with Crippen molar-refractivity contribution in [3.63, 3.8) is 0 Å². The van der Waals surface area contributed by atoms with E-state index >= 15 is 0 Å². The van der Waals surface area contributed by atoms with Gasteiger partial charge >= 0.3 is 0 Å². The number of carbonyl (C=O) groups is 3. The van der Waals surface area contributed by atoms with Crippen molar-refractivity contribution in [1.29, 1.82) is 0 Å². The van der Waals surface area contributed by atoms with E-state index in [2.05, 4.69) is 5.32 Å². The molecular weight excluding hydrogens is 569 g/mol. The molecule has 9 heteroatoms. The van der Waals surface area contributed by atoms with E-state index in [9.17, 15) is 14.4 Å². The first-order chi connectivity index (χ1) is 19.3. The van der Waals surface area contributed by atoms with Gasteiger partial charge in [0.25, 0.3) is 17.7 Å². The van der Waals surface area contributed by atoms with Gasteiger partial charge < -0.3 is 10.2 Å². The molecule has 0 saturated heterocycles. The monoisotopic (exact) mass is 589 g/mol. The van der Waals surface area contributed by atoms with Crippen molar-refractivity contribution in [2.75, 3.05) is 10.2 Å². The molecule has 40 heavy (non-hydrogen) atoms. The second-order valence-corrected chi connectivity index (χ2v) is 10.3. The number of nitrogens with zero attached hydrogens (tertiary/aromatic N) is 2. The molecule has 6 nitrogen and oxygen atoms in total. The Morgan fingerprint density at radius 3 is 1.85 bits per heavy atom. The summed E-state index contributed by atoms with van der Waals surface area (Å²) >= 11 is 18.4. The zero-order valence-electron chi connectivity index (χ0n) is 21.0. The van der Waals surface area contributed by atoms with Crippen molar-refractivity contribution in [2.24, 2.45) is 0 Å². The van der Waals surface area contributed by atoms with E-state index in [-0.39, 0.29) is 27.3 Å². The Kier molecular flexibility index (Phi) is 8.21. The van der Waals surface area contributed by atoms with Gasteiger partial charge in [-0.05, 0) is 53.6 Å². The largest absolute Gasteiger partial charge is 0.350 e. The van der Waals surface area contributed by atoms with E-state index in [0.29, 0.717) is 29.4 Å². The maximum atomic E-state index is 13.6. The maximum absolute atomic E-state index is 13.6. The van der Waals surface area contributed by atoms with Gasteiger partial charge in [-0.2, -0.15) is 0 Å². The predicted octanol–water partition coefficient (Wildman–Crippen LogP) is 7.27. The maximum Gasteiger partial charge on any atom is 0.283 e. The third-order valence-electron chi connectivity index (χ3n) is 6.30. The minimum atomic E-state index is -0.706. The topological polar surface area (TPSA) is 69.7 Å². The van der Waals surface area contributed by atoms with Crippen LogP contribution in [0.3, 0.4) is 0 Å². The first-order valence-electron chi connectivity index (χ1n) is 12.3. The van der Waals surface area contributed by atoms with Crippen LogP contribution in [-0.4, -0.2) is 22.6 Å². The lowest BCUT2D eigenvalue weighted by Crippen LogP contribution is -2.32. The summed E-state index contributed by atoms with van der Waals surface area (Å²) in [5.41, 5.74) is 3.07. The van der Waals surface area contributed by atoms with Crippen molar-refractivity contribution in [2.45, 2.75) is 13.1 Å². The van der Waals surface area contributed by atoms with Crippen LogP contribution in [0.2, 0.25) is 10.0 Å². The summed E-state index contributed by atoms with van der Waals surface area (Å²) in [4.78, 5) is 42.2. The van der Waals surface area contributed by atoms with E-state index < -0.39 is 11.8 Å². The van der Waals surface area contributed by atoms with E-state index in [1.807, 2.05) is 60.7 Å². The second-order valence-electron chi connectivity index (χ2n) is 9.07. The fraction of sp³-hybridized carbons (Fsp3) is 0.0645. The molecule has 0 unspecified atom stereocenters. The van der Waals surface area contributed by atoms with Crippen LogP contribution in [0.5, 0.6) is 0 Å². The number of hydrogen-bond donors (Lipinski definition) is 1. The summed E-state index contributed by atoms with van der Waals surface area (Å²) in [6.45, 7) is 0.882. The Bertz CT molecular complexity index is 1570. The van der Waals surface area contributed by atoms with Gasteiger partial charge in [0.05, 0.1) is 10.7 Å². The van der Waals surface area contributed by atoms with Crippen molar-refractivity contribution in [3.8, 4) is 0 Å². The number of nitrogens with one attached hydrogen (secondary N) is 1. The molecule has 0 radical (unpaired) electrons. The molecule has 4 aromatic rings. The highest BCUT2D eigenvalue weighted by molar-refractivity contribution is 6.54. The molecule has 1 aliphatic rings. The fourth-order valence-corrected chi connectivity index (χ4v) is 5.03. The molecule has 0 aliphatic carbocycles. The van der Waals surface area contributed by atoms with Gasteiger partial charge in [0, 0.05) is 29.4 Å². The minimum Gasteiger partial charge on any atom is -0.350 e. The Morgan fingerprint density at radius 1 is 0.725 bits per heavy atom. The van der Waals surface area contributed by atoms with Gasteiger partial charge in [0.1, 0.15) is 10.7 Å². The standard InChI is InChI=1S/C31H22Cl3N3O3/c32-23-13-16-26(25(33)17-23)37-30(39)27(34)28(31(37)40)35-24-14-11-22(12-15-24)29(38)36(18-20-7-3-1-4-8-20)19-21-9-5-2-6-10-21/h1-17,35H,18-19H2. The molecule has 1 N–H and O–H groups in total. The van der Waals surface area contributed by atoms with E-state index in [1.54, 1.807) is 29.2 Å².